The molecule has 2 rings (SSSR count). The number of benzene rings is 1. The number of halogens is 1. The molecule has 0 spiro atoms. The van der Waals surface area contributed by atoms with E-state index in [0.717, 1.165) is 12.8 Å². The first-order valence-corrected chi connectivity index (χ1v) is 6.62. The highest BCUT2D eigenvalue weighted by Crippen LogP contribution is 2.26. The number of ketones is 1. The molecule has 4 heteroatoms. The highest BCUT2D eigenvalue weighted by Gasteiger charge is 2.32. The second-order valence-electron chi connectivity index (χ2n) is 4.82. The van der Waals surface area contributed by atoms with E-state index < -0.39 is 5.82 Å². The van der Waals surface area contributed by atoms with Crippen molar-refractivity contribution in [1.82, 2.24) is 0 Å². The number of rotatable bonds is 5. The lowest BCUT2D eigenvalue weighted by atomic mass is 9.91. The Morgan fingerprint density at radius 1 is 1.53 bits per heavy atom. The van der Waals surface area contributed by atoms with Gasteiger partial charge < -0.3 is 9.47 Å². The van der Waals surface area contributed by atoms with Crippen LogP contribution >= 0.6 is 0 Å². The summed E-state index contributed by atoms with van der Waals surface area (Å²) in [7, 11) is 1.42. The molecule has 1 heterocycles. The van der Waals surface area contributed by atoms with E-state index in [2.05, 4.69) is 0 Å². The Labute approximate surface area is 112 Å². The third kappa shape index (κ3) is 3.13. The molecule has 104 valence electrons. The van der Waals surface area contributed by atoms with E-state index in [1.807, 2.05) is 6.92 Å². The minimum Gasteiger partial charge on any atom is -0.494 e. The Hall–Kier alpha value is -1.42. The summed E-state index contributed by atoms with van der Waals surface area (Å²) < 4.78 is 23.9. The molecule has 1 aliphatic rings. The summed E-state index contributed by atoms with van der Waals surface area (Å²) in [5.41, 5.74) is 0.685. The summed E-state index contributed by atoms with van der Waals surface area (Å²) in [6.07, 6.45) is 1.89. The molecule has 0 bridgehead atoms. The van der Waals surface area contributed by atoms with E-state index in [9.17, 15) is 9.18 Å². The van der Waals surface area contributed by atoms with Gasteiger partial charge in [-0.2, -0.15) is 0 Å². The first kappa shape index (κ1) is 14.0. The zero-order valence-electron chi connectivity index (χ0n) is 11.3. The summed E-state index contributed by atoms with van der Waals surface area (Å²) in [6, 6.07) is 4.66. The molecule has 2 atom stereocenters. The third-order valence-electron chi connectivity index (χ3n) is 3.62. The SMILES string of the molecule is CCC1OCCC1C(=O)Cc1ccc(OC)c(F)c1. The van der Waals surface area contributed by atoms with Gasteiger partial charge >= 0.3 is 0 Å². The Kier molecular flexibility index (Phi) is 4.53. The number of Topliss-reactive ketones (excluding diaryl/α,β-unsaturated/α-hetero) is 1. The van der Waals surface area contributed by atoms with E-state index in [0.29, 0.717) is 12.2 Å². The zero-order valence-corrected chi connectivity index (χ0v) is 11.3. The van der Waals surface area contributed by atoms with Crippen molar-refractivity contribution in [3.63, 3.8) is 0 Å². The van der Waals surface area contributed by atoms with Crippen molar-refractivity contribution < 1.29 is 18.7 Å². The number of methoxy groups -OCH3 is 1. The van der Waals surface area contributed by atoms with E-state index in [4.69, 9.17) is 9.47 Å². The van der Waals surface area contributed by atoms with Crippen LogP contribution in [0.1, 0.15) is 25.3 Å². The molecule has 19 heavy (non-hydrogen) atoms. The second-order valence-corrected chi connectivity index (χ2v) is 4.82. The molecular formula is C15H19FO3. The standard InChI is InChI=1S/C15H19FO3/c1-3-14-11(6-7-19-14)13(17)9-10-4-5-15(18-2)12(16)8-10/h4-5,8,11,14H,3,6-7,9H2,1-2H3. The van der Waals surface area contributed by atoms with Gasteiger partial charge in [-0.1, -0.05) is 13.0 Å². The molecule has 0 radical (unpaired) electrons. The van der Waals surface area contributed by atoms with Crippen LogP contribution in [0.15, 0.2) is 18.2 Å². The van der Waals surface area contributed by atoms with Gasteiger partial charge in [-0.05, 0) is 30.5 Å². The summed E-state index contributed by atoms with van der Waals surface area (Å²) in [5.74, 6) is -0.140. The van der Waals surface area contributed by atoms with Gasteiger partial charge in [0.2, 0.25) is 0 Å². The molecule has 0 amide bonds. The number of carbonyl (C=O) groups is 1. The predicted octanol–water partition coefficient (Wildman–Crippen LogP) is 2.76. The Morgan fingerprint density at radius 2 is 2.32 bits per heavy atom. The topological polar surface area (TPSA) is 35.5 Å². The summed E-state index contributed by atoms with van der Waals surface area (Å²) >= 11 is 0. The molecule has 0 saturated carbocycles. The fraction of sp³-hybridized carbons (Fsp3) is 0.533. The number of carbonyl (C=O) groups excluding carboxylic acids is 1. The second kappa shape index (κ2) is 6.15. The number of ether oxygens (including phenoxy) is 2. The van der Waals surface area contributed by atoms with Crippen molar-refractivity contribution in [3.05, 3.63) is 29.6 Å². The van der Waals surface area contributed by atoms with Crippen LogP contribution in [0.3, 0.4) is 0 Å². The zero-order chi connectivity index (χ0) is 13.8. The van der Waals surface area contributed by atoms with Crippen molar-refractivity contribution in [2.24, 2.45) is 5.92 Å². The Morgan fingerprint density at radius 3 is 2.95 bits per heavy atom. The third-order valence-corrected chi connectivity index (χ3v) is 3.62. The lowest BCUT2D eigenvalue weighted by molar-refractivity contribution is -0.123. The summed E-state index contributed by atoms with van der Waals surface area (Å²) in [5, 5.41) is 0. The van der Waals surface area contributed by atoms with Crippen LogP contribution in [0.5, 0.6) is 5.75 Å². The molecule has 0 aromatic heterocycles. The minimum atomic E-state index is -0.428. The molecule has 1 aromatic carbocycles. The Bertz CT molecular complexity index is 459. The van der Waals surface area contributed by atoms with Gasteiger partial charge in [-0.15, -0.1) is 0 Å². The van der Waals surface area contributed by atoms with E-state index in [1.165, 1.54) is 13.2 Å². The molecule has 0 N–H and O–H groups in total. The lowest BCUT2D eigenvalue weighted by Gasteiger charge is -2.15. The van der Waals surface area contributed by atoms with Crippen LogP contribution in [0.4, 0.5) is 4.39 Å². The van der Waals surface area contributed by atoms with E-state index in [-0.39, 0.29) is 30.0 Å². The van der Waals surface area contributed by atoms with Crippen molar-refractivity contribution in [3.8, 4) is 5.75 Å². The normalized spacial score (nSPS) is 22.5. The molecule has 2 unspecified atom stereocenters. The average molecular weight is 266 g/mol. The van der Waals surface area contributed by atoms with Gasteiger partial charge in [0.1, 0.15) is 5.78 Å². The average Bonchev–Trinajstić information content (AvgIpc) is 2.87. The highest BCUT2D eigenvalue weighted by molar-refractivity contribution is 5.84. The van der Waals surface area contributed by atoms with Crippen molar-refractivity contribution in [1.29, 1.82) is 0 Å². The predicted molar refractivity (Wildman–Crippen MR) is 69.8 cm³/mol. The molecule has 1 aromatic rings. The quantitative estimate of drug-likeness (QED) is 0.822. The number of hydrogen-bond acceptors (Lipinski definition) is 3. The molecule has 1 fully saturated rings. The van der Waals surface area contributed by atoms with Crippen LogP contribution in [0.25, 0.3) is 0 Å². The maximum Gasteiger partial charge on any atom is 0.165 e. The summed E-state index contributed by atoms with van der Waals surface area (Å²) in [6.45, 7) is 2.66. The first-order valence-electron chi connectivity index (χ1n) is 6.62. The van der Waals surface area contributed by atoms with Crippen molar-refractivity contribution in [2.45, 2.75) is 32.3 Å². The molecular weight excluding hydrogens is 247 g/mol. The van der Waals surface area contributed by atoms with Crippen molar-refractivity contribution in [2.75, 3.05) is 13.7 Å². The van der Waals surface area contributed by atoms with E-state index in [1.54, 1.807) is 12.1 Å². The van der Waals surface area contributed by atoms with Gasteiger partial charge in [-0.3, -0.25) is 4.79 Å². The van der Waals surface area contributed by atoms with Gasteiger partial charge in [0.05, 0.1) is 13.2 Å². The van der Waals surface area contributed by atoms with Crippen LogP contribution in [0, 0.1) is 11.7 Å². The number of hydrogen-bond donors (Lipinski definition) is 0. The monoisotopic (exact) mass is 266 g/mol. The highest BCUT2D eigenvalue weighted by atomic mass is 19.1. The first-order chi connectivity index (χ1) is 9.15. The molecule has 1 saturated heterocycles. The van der Waals surface area contributed by atoms with E-state index >= 15 is 0 Å². The van der Waals surface area contributed by atoms with Crippen LogP contribution < -0.4 is 4.74 Å². The Balaban J connectivity index is 2.04. The van der Waals surface area contributed by atoms with Crippen LogP contribution in [0.2, 0.25) is 0 Å². The van der Waals surface area contributed by atoms with Gasteiger partial charge in [0, 0.05) is 18.9 Å². The van der Waals surface area contributed by atoms with Gasteiger partial charge in [0.25, 0.3) is 0 Å². The summed E-state index contributed by atoms with van der Waals surface area (Å²) in [4.78, 5) is 12.2. The molecule has 3 nitrogen and oxygen atoms in total. The maximum atomic E-state index is 13.6. The lowest BCUT2D eigenvalue weighted by Crippen LogP contribution is -2.25. The fourth-order valence-electron chi connectivity index (χ4n) is 2.57. The molecule has 0 aliphatic carbocycles. The van der Waals surface area contributed by atoms with Crippen molar-refractivity contribution >= 4 is 5.78 Å². The maximum absolute atomic E-state index is 13.6. The van der Waals surface area contributed by atoms with Crippen LogP contribution in [-0.2, 0) is 16.0 Å². The van der Waals surface area contributed by atoms with Crippen LogP contribution in [-0.4, -0.2) is 25.6 Å². The largest absolute Gasteiger partial charge is 0.494 e. The smallest absolute Gasteiger partial charge is 0.165 e. The molecule has 1 aliphatic heterocycles. The fourth-order valence-corrected chi connectivity index (χ4v) is 2.57. The minimum absolute atomic E-state index is 0.0237. The van der Waals surface area contributed by atoms with Gasteiger partial charge in [0.15, 0.2) is 11.6 Å². The van der Waals surface area contributed by atoms with Gasteiger partial charge in [-0.25, -0.2) is 4.39 Å².